The number of rotatable bonds is 5. The van der Waals surface area contributed by atoms with Crippen molar-refractivity contribution < 1.29 is 14.6 Å². The van der Waals surface area contributed by atoms with E-state index in [0.29, 0.717) is 28.6 Å². The molecule has 1 aliphatic rings. The highest BCUT2D eigenvalue weighted by atomic mass is 16.5. The zero-order valence-corrected chi connectivity index (χ0v) is 12.8. The highest BCUT2D eigenvalue weighted by Gasteiger charge is 2.11. The van der Waals surface area contributed by atoms with Gasteiger partial charge in [0.05, 0.1) is 19.8 Å². The lowest BCUT2D eigenvalue weighted by Crippen LogP contribution is -2.37. The van der Waals surface area contributed by atoms with Crippen LogP contribution < -0.4 is 0 Å². The van der Waals surface area contributed by atoms with Crippen molar-refractivity contribution in [3.05, 3.63) is 35.5 Å². The number of phenols is 1. The molecule has 120 valence electrons. The van der Waals surface area contributed by atoms with Crippen LogP contribution in [0.5, 0.6) is 5.75 Å². The first-order valence-electron chi connectivity index (χ1n) is 7.65. The molecule has 1 aromatic heterocycles. The number of fused-ring (bicyclic) bond motifs is 1. The molecule has 6 nitrogen and oxygen atoms in total. The first-order chi connectivity index (χ1) is 11.3. The Labute approximate surface area is 134 Å². The third-order valence-corrected chi connectivity index (χ3v) is 3.93. The molecule has 1 N–H and O–H groups in total. The summed E-state index contributed by atoms with van der Waals surface area (Å²) < 4.78 is 5.30. The molecule has 0 amide bonds. The molecule has 2 aromatic rings. The predicted octanol–water partition coefficient (Wildman–Crippen LogP) is 1.50. The fourth-order valence-corrected chi connectivity index (χ4v) is 2.66. The van der Waals surface area contributed by atoms with E-state index in [2.05, 4.69) is 14.9 Å². The van der Waals surface area contributed by atoms with E-state index in [1.165, 1.54) is 0 Å². The van der Waals surface area contributed by atoms with Crippen LogP contribution in [0.4, 0.5) is 0 Å². The molecule has 0 unspecified atom stereocenters. The second-order valence-corrected chi connectivity index (χ2v) is 5.41. The molecule has 1 fully saturated rings. The average molecular weight is 313 g/mol. The lowest BCUT2D eigenvalue weighted by molar-refractivity contribution is 0.0395. The molecule has 1 aliphatic heterocycles. The number of carbonyl (C=O) groups excluding carboxylic acids is 1. The Morgan fingerprint density at radius 3 is 2.96 bits per heavy atom. The summed E-state index contributed by atoms with van der Waals surface area (Å²) in [6.45, 7) is 4.88. The summed E-state index contributed by atoms with van der Waals surface area (Å²) in [5.41, 5.74) is 1.44. The number of hydrogen-bond donors (Lipinski definition) is 1. The zero-order chi connectivity index (χ0) is 16.1. The normalized spacial score (nSPS) is 16.2. The Balaban J connectivity index is 1.75. The van der Waals surface area contributed by atoms with Crippen molar-refractivity contribution in [3.8, 4) is 5.75 Å². The summed E-state index contributed by atoms with van der Waals surface area (Å²) >= 11 is 0. The Hall–Kier alpha value is -2.31. The second kappa shape index (κ2) is 7.30. The van der Waals surface area contributed by atoms with Gasteiger partial charge in [0.2, 0.25) is 0 Å². The number of aromatic hydroxyl groups is 1. The van der Waals surface area contributed by atoms with E-state index < -0.39 is 0 Å². The predicted molar refractivity (Wildman–Crippen MR) is 88.5 cm³/mol. The van der Waals surface area contributed by atoms with Crippen LogP contribution in [-0.2, 0) is 4.74 Å². The monoisotopic (exact) mass is 313 g/mol. The molecule has 1 aromatic carbocycles. The van der Waals surface area contributed by atoms with Crippen molar-refractivity contribution in [2.24, 2.45) is 4.99 Å². The SMILES string of the molecule is O=Cc1cc(C=NCCN2CCOCC2)c(O)c2ncccc12. The van der Waals surface area contributed by atoms with Gasteiger partial charge in [-0.3, -0.25) is 19.7 Å². The van der Waals surface area contributed by atoms with Crippen LogP contribution in [0.3, 0.4) is 0 Å². The van der Waals surface area contributed by atoms with Gasteiger partial charge in [-0.15, -0.1) is 0 Å². The van der Waals surface area contributed by atoms with Crippen molar-refractivity contribution in [1.82, 2.24) is 9.88 Å². The Morgan fingerprint density at radius 1 is 1.35 bits per heavy atom. The molecule has 0 saturated carbocycles. The van der Waals surface area contributed by atoms with Gasteiger partial charge < -0.3 is 9.84 Å². The zero-order valence-electron chi connectivity index (χ0n) is 12.8. The highest BCUT2D eigenvalue weighted by molar-refractivity contribution is 6.04. The van der Waals surface area contributed by atoms with E-state index in [1.807, 2.05) is 0 Å². The molecule has 3 rings (SSSR count). The van der Waals surface area contributed by atoms with Gasteiger partial charge in [0.1, 0.15) is 5.52 Å². The van der Waals surface area contributed by atoms with Crippen LogP contribution in [0.25, 0.3) is 10.9 Å². The van der Waals surface area contributed by atoms with Gasteiger partial charge in [-0.05, 0) is 12.1 Å². The van der Waals surface area contributed by atoms with Crippen LogP contribution in [0.15, 0.2) is 29.4 Å². The Morgan fingerprint density at radius 2 is 2.17 bits per heavy atom. The topological polar surface area (TPSA) is 75.0 Å². The van der Waals surface area contributed by atoms with E-state index in [0.717, 1.165) is 39.1 Å². The largest absolute Gasteiger partial charge is 0.505 e. The fourth-order valence-electron chi connectivity index (χ4n) is 2.66. The number of aldehydes is 1. The standard InChI is InChI=1S/C17H19N3O3/c21-12-14-10-13(17(22)16-15(14)2-1-3-19-16)11-18-4-5-20-6-8-23-9-7-20/h1-3,10-12,22H,4-9H2. The number of aliphatic imine (C=N–C) groups is 1. The van der Waals surface area contributed by atoms with Crippen LogP contribution in [0, 0.1) is 0 Å². The molecule has 23 heavy (non-hydrogen) atoms. The van der Waals surface area contributed by atoms with Crippen molar-refractivity contribution in [1.29, 1.82) is 0 Å². The average Bonchev–Trinajstić information content (AvgIpc) is 2.61. The van der Waals surface area contributed by atoms with E-state index in [9.17, 15) is 9.90 Å². The minimum Gasteiger partial charge on any atom is -0.505 e. The second-order valence-electron chi connectivity index (χ2n) is 5.41. The van der Waals surface area contributed by atoms with E-state index in [4.69, 9.17) is 4.74 Å². The van der Waals surface area contributed by atoms with Gasteiger partial charge in [0.15, 0.2) is 12.0 Å². The molecule has 1 saturated heterocycles. The lowest BCUT2D eigenvalue weighted by atomic mass is 10.0. The number of phenolic OH excluding ortho intramolecular Hbond substituents is 1. The van der Waals surface area contributed by atoms with E-state index in [1.54, 1.807) is 30.6 Å². The highest BCUT2D eigenvalue weighted by Crippen LogP contribution is 2.28. The van der Waals surface area contributed by atoms with Crippen LogP contribution in [-0.4, -0.2) is 66.9 Å². The van der Waals surface area contributed by atoms with Gasteiger partial charge in [0.25, 0.3) is 0 Å². The Kier molecular flexibility index (Phi) is 4.95. The van der Waals surface area contributed by atoms with Crippen molar-refractivity contribution in [2.45, 2.75) is 0 Å². The van der Waals surface area contributed by atoms with Gasteiger partial charge in [-0.2, -0.15) is 0 Å². The molecular weight excluding hydrogens is 294 g/mol. The van der Waals surface area contributed by atoms with Gasteiger partial charge in [0, 0.05) is 48.6 Å². The van der Waals surface area contributed by atoms with E-state index >= 15 is 0 Å². The maximum atomic E-state index is 11.2. The van der Waals surface area contributed by atoms with Crippen molar-refractivity contribution in [2.75, 3.05) is 39.4 Å². The number of carbonyl (C=O) groups is 1. The van der Waals surface area contributed by atoms with Crippen LogP contribution >= 0.6 is 0 Å². The summed E-state index contributed by atoms with van der Waals surface area (Å²) in [7, 11) is 0. The first kappa shape index (κ1) is 15.6. The maximum absolute atomic E-state index is 11.2. The molecule has 6 heteroatoms. The van der Waals surface area contributed by atoms with Crippen molar-refractivity contribution in [3.63, 3.8) is 0 Å². The number of hydrogen-bond acceptors (Lipinski definition) is 6. The maximum Gasteiger partial charge on any atom is 0.150 e. The lowest BCUT2D eigenvalue weighted by Gasteiger charge is -2.25. The molecule has 2 heterocycles. The summed E-state index contributed by atoms with van der Waals surface area (Å²) in [6, 6.07) is 5.15. The molecular formula is C17H19N3O3. The van der Waals surface area contributed by atoms with Crippen molar-refractivity contribution >= 4 is 23.4 Å². The minimum absolute atomic E-state index is 0.0568. The van der Waals surface area contributed by atoms with E-state index in [-0.39, 0.29) is 5.75 Å². The summed E-state index contributed by atoms with van der Waals surface area (Å²) in [5.74, 6) is 0.0568. The third-order valence-electron chi connectivity index (χ3n) is 3.93. The van der Waals surface area contributed by atoms with Gasteiger partial charge in [-0.1, -0.05) is 6.07 Å². The number of pyridine rings is 1. The van der Waals surface area contributed by atoms with Gasteiger partial charge in [-0.25, -0.2) is 0 Å². The molecule has 0 atom stereocenters. The summed E-state index contributed by atoms with van der Waals surface area (Å²) in [5, 5.41) is 11.0. The van der Waals surface area contributed by atoms with Gasteiger partial charge >= 0.3 is 0 Å². The number of aromatic nitrogens is 1. The molecule has 0 spiro atoms. The molecule has 0 bridgehead atoms. The van der Waals surface area contributed by atoms with Crippen LogP contribution in [0.2, 0.25) is 0 Å². The number of benzene rings is 1. The summed E-state index contributed by atoms with van der Waals surface area (Å²) in [4.78, 5) is 22.1. The smallest absolute Gasteiger partial charge is 0.150 e. The summed E-state index contributed by atoms with van der Waals surface area (Å²) in [6.07, 6.45) is 3.97. The quantitative estimate of drug-likeness (QED) is 0.669. The van der Waals surface area contributed by atoms with Crippen LogP contribution in [0.1, 0.15) is 15.9 Å². The fraction of sp³-hybridized carbons (Fsp3) is 0.353. The number of nitrogens with zero attached hydrogens (tertiary/aromatic N) is 3. The molecule has 0 radical (unpaired) electrons. The first-order valence-corrected chi connectivity index (χ1v) is 7.65. The third kappa shape index (κ3) is 3.55. The minimum atomic E-state index is 0.0568. The Bertz CT molecular complexity index is 724. The molecule has 0 aliphatic carbocycles. The number of morpholine rings is 1. The number of ether oxygens (including phenoxy) is 1.